The molecule has 2 N–H and O–H groups in total. The van der Waals surface area contributed by atoms with Gasteiger partial charge in [-0.15, -0.1) is 0 Å². The molecule has 2 rings (SSSR count). The average Bonchev–Trinajstić information content (AvgIpc) is 2.84. The van der Waals surface area contributed by atoms with Crippen molar-refractivity contribution in [3.8, 4) is 0 Å². The minimum Gasteiger partial charge on any atom is -0.478 e. The van der Waals surface area contributed by atoms with E-state index in [2.05, 4.69) is 0 Å². The van der Waals surface area contributed by atoms with Crippen LogP contribution in [0.4, 0.5) is 22.0 Å². The number of hydrogen-bond acceptors (Lipinski definition) is 2. The number of aliphatic carboxylic acids is 2. The number of carboxylic acid groups (broad SMARTS) is 2. The lowest BCUT2D eigenvalue weighted by Gasteiger charge is -2.26. The minimum atomic E-state index is -6.17. The lowest BCUT2D eigenvalue weighted by Crippen LogP contribution is -2.39. The molecular weight excluding hydrogens is 413 g/mol. The molecule has 0 amide bonds. The predicted molar refractivity (Wildman–Crippen MR) is 99.2 cm³/mol. The number of carboxylic acids is 2. The van der Waals surface area contributed by atoms with Crippen molar-refractivity contribution in [1.29, 1.82) is 0 Å². The van der Waals surface area contributed by atoms with Gasteiger partial charge < -0.3 is 14.8 Å². The predicted octanol–water partition coefficient (Wildman–Crippen LogP) is 4.94. The maximum Gasteiger partial charge on any atom is 0.458 e. The first-order valence-corrected chi connectivity index (χ1v) is 8.52. The Bertz CT molecular complexity index is 1100. The van der Waals surface area contributed by atoms with Crippen LogP contribution < -0.4 is 0 Å². The summed E-state index contributed by atoms with van der Waals surface area (Å²) in [5, 5.41) is 19.0. The molecule has 0 spiro atoms. The van der Waals surface area contributed by atoms with Gasteiger partial charge in [-0.25, -0.2) is 9.59 Å². The summed E-state index contributed by atoms with van der Waals surface area (Å²) < 4.78 is 71.3. The number of aromatic nitrogens is 1. The molecular formula is C20H18F5NO4. The lowest BCUT2D eigenvalue weighted by atomic mass is 9.86. The molecule has 0 saturated carbocycles. The molecule has 1 heterocycles. The number of alkyl halides is 5. The first kappa shape index (κ1) is 23.1. The van der Waals surface area contributed by atoms with Crippen LogP contribution in [0.5, 0.6) is 0 Å². The number of rotatable bonds is 5. The first-order chi connectivity index (χ1) is 13.6. The van der Waals surface area contributed by atoms with Crippen LogP contribution in [0.3, 0.4) is 0 Å². The van der Waals surface area contributed by atoms with Crippen LogP contribution in [0.25, 0.3) is 16.5 Å². The fourth-order valence-corrected chi connectivity index (χ4v) is 3.33. The Labute approximate surface area is 167 Å². The molecule has 0 aliphatic rings. The van der Waals surface area contributed by atoms with Gasteiger partial charge in [0.1, 0.15) is 0 Å². The Hall–Kier alpha value is -3.17. The number of hydrogen-bond donors (Lipinski definition) is 2. The first-order valence-electron chi connectivity index (χ1n) is 8.52. The number of benzene rings is 1. The largest absolute Gasteiger partial charge is 0.478 e. The van der Waals surface area contributed by atoms with Gasteiger partial charge in [0.15, 0.2) is 0 Å². The normalized spacial score (nSPS) is 13.2. The molecule has 0 aliphatic heterocycles. The third kappa shape index (κ3) is 3.57. The van der Waals surface area contributed by atoms with Gasteiger partial charge in [-0.3, -0.25) is 0 Å². The van der Waals surface area contributed by atoms with E-state index >= 15 is 0 Å². The highest BCUT2D eigenvalue weighted by Gasteiger charge is 2.62. The number of para-hydroxylation sites is 1. The highest BCUT2D eigenvalue weighted by molar-refractivity contribution is 6.14. The van der Waals surface area contributed by atoms with Gasteiger partial charge >= 0.3 is 24.0 Å². The Morgan fingerprint density at radius 1 is 0.933 bits per heavy atom. The molecule has 0 bridgehead atoms. The summed E-state index contributed by atoms with van der Waals surface area (Å²) >= 11 is 0. The number of carbonyl (C=O) groups is 2. The molecule has 0 atom stereocenters. The molecule has 0 radical (unpaired) electrons. The molecule has 0 fully saturated rings. The van der Waals surface area contributed by atoms with Gasteiger partial charge in [-0.2, -0.15) is 22.0 Å². The lowest BCUT2D eigenvalue weighted by molar-refractivity contribution is -0.254. The average molecular weight is 431 g/mol. The van der Waals surface area contributed by atoms with Crippen molar-refractivity contribution in [1.82, 2.24) is 4.57 Å². The third-order valence-electron chi connectivity index (χ3n) is 4.75. The van der Waals surface area contributed by atoms with Gasteiger partial charge in [0.2, 0.25) is 0 Å². The quantitative estimate of drug-likeness (QED) is 0.399. The van der Waals surface area contributed by atoms with E-state index in [9.17, 15) is 41.8 Å². The highest BCUT2D eigenvalue weighted by Crippen LogP contribution is 2.50. The molecule has 0 saturated heterocycles. The molecule has 0 unspecified atom stereocenters. The Morgan fingerprint density at radius 3 is 1.87 bits per heavy atom. The monoisotopic (exact) mass is 431 g/mol. The summed E-state index contributed by atoms with van der Waals surface area (Å²) in [5.74, 6) is -9.79. The number of allylic oxidation sites excluding steroid dienone is 2. The summed E-state index contributed by atoms with van der Waals surface area (Å²) in [6, 6.07) is 5.67. The summed E-state index contributed by atoms with van der Waals surface area (Å²) in [7, 11) is 1.42. The molecule has 5 nitrogen and oxygen atoms in total. The molecule has 0 aliphatic carbocycles. The van der Waals surface area contributed by atoms with Crippen molar-refractivity contribution < 1.29 is 41.8 Å². The summed E-state index contributed by atoms with van der Waals surface area (Å²) in [4.78, 5) is 23.6. The fraction of sp³-hybridized carbons (Fsp3) is 0.300. The van der Waals surface area contributed by atoms with E-state index in [1.807, 2.05) is 0 Å². The van der Waals surface area contributed by atoms with Crippen molar-refractivity contribution in [2.45, 2.75) is 32.9 Å². The Morgan fingerprint density at radius 2 is 1.43 bits per heavy atom. The summed E-state index contributed by atoms with van der Waals surface area (Å²) in [6.45, 7) is 3.49. The third-order valence-corrected chi connectivity index (χ3v) is 4.75. The van der Waals surface area contributed by atoms with Crippen LogP contribution in [-0.2, 0) is 16.6 Å². The van der Waals surface area contributed by atoms with Crippen LogP contribution in [0.15, 0.2) is 41.0 Å². The molecule has 1 aromatic heterocycles. The Kier molecular flexibility index (Phi) is 5.84. The van der Waals surface area contributed by atoms with E-state index in [1.54, 1.807) is 0 Å². The van der Waals surface area contributed by atoms with E-state index in [0.29, 0.717) is 0 Å². The second-order valence-electron chi connectivity index (χ2n) is 6.84. The second-order valence-corrected chi connectivity index (χ2v) is 6.84. The number of nitrogens with zero attached hydrogens (tertiary/aromatic N) is 1. The maximum absolute atomic E-state index is 14.8. The Balaban J connectivity index is 3.27. The topological polar surface area (TPSA) is 79.5 Å². The van der Waals surface area contributed by atoms with E-state index in [1.165, 1.54) is 42.8 Å². The van der Waals surface area contributed by atoms with Gasteiger partial charge in [0, 0.05) is 29.2 Å². The highest BCUT2D eigenvalue weighted by atomic mass is 19.4. The van der Waals surface area contributed by atoms with Gasteiger partial charge in [-0.05, 0) is 26.8 Å². The standard InChI is InChI=1S/C20H18F5NO4/c1-9(2)13(17(27)28)15(18(29)30)16(19(21,22)20(23,24)25)14-10(3)26(4)12-8-6-5-7-11(12)14/h5-8H,1-4H3,(H,27,28)(H,29,30)/b16-15+. The van der Waals surface area contributed by atoms with Gasteiger partial charge in [-0.1, -0.05) is 23.8 Å². The summed E-state index contributed by atoms with van der Waals surface area (Å²) in [6.07, 6.45) is -6.17. The van der Waals surface area contributed by atoms with Crippen molar-refractivity contribution in [3.63, 3.8) is 0 Å². The zero-order valence-electron chi connectivity index (χ0n) is 16.4. The molecule has 1 aromatic carbocycles. The minimum absolute atomic E-state index is 0.0614. The molecule has 2 aromatic rings. The number of halogens is 5. The summed E-state index contributed by atoms with van der Waals surface area (Å²) in [5.41, 5.74) is -5.36. The van der Waals surface area contributed by atoms with Crippen molar-refractivity contribution in [3.05, 3.63) is 52.2 Å². The van der Waals surface area contributed by atoms with Gasteiger partial charge in [0.25, 0.3) is 0 Å². The van der Waals surface area contributed by atoms with Crippen molar-refractivity contribution >= 4 is 28.4 Å². The van der Waals surface area contributed by atoms with E-state index < -0.39 is 46.3 Å². The number of fused-ring (bicyclic) bond motifs is 1. The zero-order chi connectivity index (χ0) is 23.2. The SMILES string of the molecule is CC(C)=C(C(=O)O)/C(C(=O)O)=C(/c1c(C)n(C)c2ccccc12)C(F)(F)C(F)(F)F. The van der Waals surface area contributed by atoms with Crippen molar-refractivity contribution in [2.75, 3.05) is 0 Å². The molecule has 30 heavy (non-hydrogen) atoms. The van der Waals surface area contributed by atoms with E-state index in [-0.39, 0.29) is 22.2 Å². The van der Waals surface area contributed by atoms with E-state index in [0.717, 1.165) is 13.8 Å². The van der Waals surface area contributed by atoms with Crippen LogP contribution >= 0.6 is 0 Å². The molecule has 162 valence electrons. The van der Waals surface area contributed by atoms with Crippen LogP contribution in [0, 0.1) is 6.92 Å². The van der Waals surface area contributed by atoms with Crippen molar-refractivity contribution in [2.24, 2.45) is 7.05 Å². The van der Waals surface area contributed by atoms with Crippen LogP contribution in [0.1, 0.15) is 25.1 Å². The molecule has 10 heteroatoms. The van der Waals surface area contributed by atoms with Crippen LogP contribution in [0.2, 0.25) is 0 Å². The smallest absolute Gasteiger partial charge is 0.458 e. The van der Waals surface area contributed by atoms with E-state index in [4.69, 9.17) is 0 Å². The maximum atomic E-state index is 14.8. The fourth-order valence-electron chi connectivity index (χ4n) is 3.33. The number of aryl methyl sites for hydroxylation is 1. The van der Waals surface area contributed by atoms with Gasteiger partial charge in [0.05, 0.1) is 16.7 Å². The zero-order valence-corrected chi connectivity index (χ0v) is 16.4. The van der Waals surface area contributed by atoms with Crippen LogP contribution in [-0.4, -0.2) is 38.8 Å². The second kappa shape index (κ2) is 7.58.